The molecule has 0 unspecified atom stereocenters. The smallest absolute Gasteiger partial charge is 0.335 e. The summed E-state index contributed by atoms with van der Waals surface area (Å²) < 4.78 is 0. The molecule has 0 amide bonds. The van der Waals surface area contributed by atoms with Crippen LogP contribution in [0.1, 0.15) is 20.7 Å². The third-order valence-electron chi connectivity index (χ3n) is 3.74. The molecule has 24 heavy (non-hydrogen) atoms. The van der Waals surface area contributed by atoms with E-state index in [9.17, 15) is 19.8 Å². The highest BCUT2D eigenvalue weighted by molar-refractivity contribution is 5.96. The first-order valence-electron chi connectivity index (χ1n) is 7.32. The van der Waals surface area contributed by atoms with Crippen LogP contribution in [0, 0.1) is 0 Å². The van der Waals surface area contributed by atoms with Crippen LogP contribution in [0.15, 0.2) is 36.4 Å². The topological polar surface area (TPSA) is 81.1 Å². The minimum atomic E-state index is -0.987. The molecule has 0 aliphatic heterocycles. The summed E-state index contributed by atoms with van der Waals surface area (Å²) in [5.74, 6) is -1.97. The number of carboxylic acids is 2. The normalized spacial score (nSPS) is 10.3. The second-order valence-electron chi connectivity index (χ2n) is 5.86. The van der Waals surface area contributed by atoms with Crippen molar-refractivity contribution in [3.8, 4) is 11.1 Å². The molecule has 6 heteroatoms. The van der Waals surface area contributed by atoms with Crippen LogP contribution in [0.3, 0.4) is 0 Å². The Balaban J connectivity index is 2.71. The number of aromatic carboxylic acids is 2. The zero-order valence-electron chi connectivity index (χ0n) is 14.1. The molecule has 2 rings (SSSR count). The maximum absolute atomic E-state index is 11.2. The molecular weight excluding hydrogens is 308 g/mol. The van der Waals surface area contributed by atoms with Gasteiger partial charge in [-0.15, -0.1) is 0 Å². The third-order valence-corrected chi connectivity index (χ3v) is 3.74. The van der Waals surface area contributed by atoms with Crippen LogP contribution in [-0.2, 0) is 0 Å². The third kappa shape index (κ3) is 3.32. The number of hydrogen-bond donors (Lipinski definition) is 2. The van der Waals surface area contributed by atoms with Gasteiger partial charge in [-0.1, -0.05) is 12.1 Å². The van der Waals surface area contributed by atoms with E-state index >= 15 is 0 Å². The van der Waals surface area contributed by atoms with Gasteiger partial charge in [-0.2, -0.15) is 0 Å². The molecular formula is C18H20N2O4. The first-order valence-corrected chi connectivity index (χ1v) is 7.32. The molecule has 2 aromatic carbocycles. The minimum absolute atomic E-state index is 0.205. The lowest BCUT2D eigenvalue weighted by molar-refractivity contribution is 0.0686. The number of carbonyl (C=O) groups is 2. The van der Waals surface area contributed by atoms with Crippen LogP contribution in [0.25, 0.3) is 11.1 Å². The molecule has 2 N–H and O–H groups in total. The Hall–Kier alpha value is -3.02. The van der Waals surface area contributed by atoms with E-state index in [1.807, 2.05) is 38.0 Å². The van der Waals surface area contributed by atoms with E-state index in [-0.39, 0.29) is 11.1 Å². The number of rotatable bonds is 5. The Morgan fingerprint density at radius 3 is 1.29 bits per heavy atom. The van der Waals surface area contributed by atoms with E-state index in [1.54, 1.807) is 36.4 Å². The average molecular weight is 328 g/mol. The van der Waals surface area contributed by atoms with E-state index in [0.29, 0.717) is 0 Å². The van der Waals surface area contributed by atoms with Gasteiger partial charge in [-0.25, -0.2) is 9.59 Å². The first-order chi connectivity index (χ1) is 11.2. The zero-order chi connectivity index (χ0) is 18.0. The summed E-state index contributed by atoms with van der Waals surface area (Å²) in [6, 6.07) is 9.83. The van der Waals surface area contributed by atoms with Gasteiger partial charge in [-0.05, 0) is 24.3 Å². The Labute approximate surface area is 140 Å². The molecule has 0 aromatic heterocycles. The summed E-state index contributed by atoms with van der Waals surface area (Å²) in [6.45, 7) is 0. The summed E-state index contributed by atoms with van der Waals surface area (Å²) in [6.07, 6.45) is 0. The zero-order valence-corrected chi connectivity index (χ0v) is 14.1. The van der Waals surface area contributed by atoms with E-state index in [1.165, 1.54) is 0 Å². The molecule has 0 saturated carbocycles. The molecule has 6 nitrogen and oxygen atoms in total. The lowest BCUT2D eigenvalue weighted by atomic mass is 9.97. The Morgan fingerprint density at radius 2 is 1.04 bits per heavy atom. The van der Waals surface area contributed by atoms with Gasteiger partial charge in [0.2, 0.25) is 0 Å². The van der Waals surface area contributed by atoms with Crippen LogP contribution >= 0.6 is 0 Å². The van der Waals surface area contributed by atoms with Crippen LogP contribution in [0.4, 0.5) is 11.4 Å². The second kappa shape index (κ2) is 6.62. The van der Waals surface area contributed by atoms with Crippen molar-refractivity contribution >= 4 is 23.3 Å². The molecule has 0 saturated heterocycles. The predicted molar refractivity (Wildman–Crippen MR) is 94.5 cm³/mol. The minimum Gasteiger partial charge on any atom is -0.478 e. The summed E-state index contributed by atoms with van der Waals surface area (Å²) >= 11 is 0. The molecule has 0 radical (unpaired) electrons. The number of anilines is 2. The highest BCUT2D eigenvalue weighted by atomic mass is 16.4. The Kier molecular flexibility index (Phi) is 4.78. The maximum atomic E-state index is 11.2. The number of benzene rings is 2. The van der Waals surface area contributed by atoms with E-state index in [4.69, 9.17) is 0 Å². The van der Waals surface area contributed by atoms with Crippen molar-refractivity contribution in [3.05, 3.63) is 47.5 Å². The van der Waals surface area contributed by atoms with Crippen molar-refractivity contribution in [2.75, 3.05) is 38.0 Å². The van der Waals surface area contributed by atoms with Gasteiger partial charge in [0.1, 0.15) is 0 Å². The first kappa shape index (κ1) is 17.3. The second-order valence-corrected chi connectivity index (χ2v) is 5.86. The van der Waals surface area contributed by atoms with Crippen molar-refractivity contribution in [2.45, 2.75) is 0 Å². The standard InChI is InChI=1S/C18H20N2O4/c1-19(2)15-9-11(17(21)22)5-7-13(15)14-8-6-12(18(23)24)10-16(14)20(3)4/h5-10H,1-4H3,(H,21,22)(H,23,24). The average Bonchev–Trinajstić information content (AvgIpc) is 2.53. The van der Waals surface area contributed by atoms with Crippen molar-refractivity contribution < 1.29 is 19.8 Å². The fourth-order valence-corrected chi connectivity index (χ4v) is 2.52. The molecule has 0 aliphatic rings. The summed E-state index contributed by atoms with van der Waals surface area (Å²) in [4.78, 5) is 26.1. The molecule has 0 heterocycles. The lowest BCUT2D eigenvalue weighted by Crippen LogP contribution is -2.14. The monoisotopic (exact) mass is 328 g/mol. The largest absolute Gasteiger partial charge is 0.478 e. The fraction of sp³-hybridized carbons (Fsp3) is 0.222. The van der Waals surface area contributed by atoms with Crippen molar-refractivity contribution in [1.82, 2.24) is 0 Å². The molecule has 126 valence electrons. The summed E-state index contributed by atoms with van der Waals surface area (Å²) in [7, 11) is 7.35. The van der Waals surface area contributed by atoms with Gasteiger partial charge >= 0.3 is 11.9 Å². The van der Waals surface area contributed by atoms with Gasteiger partial charge in [0, 0.05) is 50.7 Å². The molecule has 0 aliphatic carbocycles. The predicted octanol–water partition coefficient (Wildman–Crippen LogP) is 2.88. The summed E-state index contributed by atoms with van der Waals surface area (Å²) in [5, 5.41) is 18.4. The molecule has 0 atom stereocenters. The van der Waals surface area contributed by atoms with Gasteiger partial charge in [-0.3, -0.25) is 0 Å². The lowest BCUT2D eigenvalue weighted by Gasteiger charge is -2.23. The van der Waals surface area contributed by atoms with Crippen LogP contribution in [0.2, 0.25) is 0 Å². The van der Waals surface area contributed by atoms with Crippen molar-refractivity contribution in [3.63, 3.8) is 0 Å². The quantitative estimate of drug-likeness (QED) is 0.878. The van der Waals surface area contributed by atoms with Crippen LogP contribution < -0.4 is 9.80 Å². The Bertz CT molecular complexity index is 730. The molecule has 0 bridgehead atoms. The number of hydrogen-bond acceptors (Lipinski definition) is 4. The van der Waals surface area contributed by atoms with E-state index in [2.05, 4.69) is 0 Å². The highest BCUT2D eigenvalue weighted by Crippen LogP contribution is 2.37. The van der Waals surface area contributed by atoms with Gasteiger partial charge in [0.25, 0.3) is 0 Å². The van der Waals surface area contributed by atoms with Crippen LogP contribution in [0.5, 0.6) is 0 Å². The van der Waals surface area contributed by atoms with Crippen molar-refractivity contribution in [2.24, 2.45) is 0 Å². The number of carboxylic acid groups (broad SMARTS) is 2. The summed E-state index contributed by atoms with van der Waals surface area (Å²) in [5.41, 5.74) is 3.59. The fourth-order valence-electron chi connectivity index (χ4n) is 2.52. The van der Waals surface area contributed by atoms with E-state index < -0.39 is 11.9 Å². The SMILES string of the molecule is CN(C)c1cc(C(=O)O)ccc1-c1ccc(C(=O)O)cc1N(C)C. The highest BCUT2D eigenvalue weighted by Gasteiger charge is 2.17. The van der Waals surface area contributed by atoms with Crippen molar-refractivity contribution in [1.29, 1.82) is 0 Å². The van der Waals surface area contributed by atoms with Crippen LogP contribution in [-0.4, -0.2) is 50.3 Å². The number of nitrogens with zero attached hydrogens (tertiary/aromatic N) is 2. The maximum Gasteiger partial charge on any atom is 0.335 e. The van der Waals surface area contributed by atoms with E-state index in [0.717, 1.165) is 22.5 Å². The molecule has 0 spiro atoms. The van der Waals surface area contributed by atoms with Gasteiger partial charge in [0.05, 0.1) is 11.1 Å². The van der Waals surface area contributed by atoms with Gasteiger partial charge < -0.3 is 20.0 Å². The molecule has 0 fully saturated rings. The Morgan fingerprint density at radius 1 is 0.708 bits per heavy atom. The molecule has 2 aromatic rings. The van der Waals surface area contributed by atoms with Gasteiger partial charge in [0.15, 0.2) is 0 Å².